The molecule has 0 amide bonds. The van der Waals surface area contributed by atoms with Crippen LogP contribution in [0.4, 0.5) is 0 Å². The largest absolute Gasteiger partial charge is 0.493 e. The Morgan fingerprint density at radius 1 is 1.00 bits per heavy atom. The van der Waals surface area contributed by atoms with Crippen LogP contribution in [0.3, 0.4) is 0 Å². The van der Waals surface area contributed by atoms with Crippen molar-refractivity contribution < 1.29 is 40.1 Å². The predicted octanol–water partition coefficient (Wildman–Crippen LogP) is 1.31. The summed E-state index contributed by atoms with van der Waals surface area (Å²) < 4.78 is 70.3. The molecule has 39 heavy (non-hydrogen) atoms. The summed E-state index contributed by atoms with van der Waals surface area (Å²) >= 11 is 0. The number of nitrogens with two attached hydrogens (primary N) is 2. The number of hydrogen-bond donors (Lipinski definition) is 2. The van der Waals surface area contributed by atoms with E-state index >= 15 is 0 Å². The molecule has 0 spiro atoms. The van der Waals surface area contributed by atoms with Gasteiger partial charge in [-0.15, -0.1) is 0 Å². The Morgan fingerprint density at radius 2 is 1.64 bits per heavy atom. The zero-order chi connectivity index (χ0) is 28.6. The molecule has 4 N–H and O–H groups in total. The molecule has 1 aliphatic heterocycles. The van der Waals surface area contributed by atoms with Gasteiger partial charge < -0.3 is 30.0 Å². The van der Waals surface area contributed by atoms with E-state index in [9.17, 15) is 21.6 Å². The number of benzene rings is 2. The highest BCUT2D eigenvalue weighted by molar-refractivity contribution is 7.91. The number of ether oxygens (including phenoxy) is 2. The average Bonchev–Trinajstić information content (AvgIpc) is 2.89. The Labute approximate surface area is 227 Å². The van der Waals surface area contributed by atoms with Crippen LogP contribution in [0.2, 0.25) is 0 Å². The lowest BCUT2D eigenvalue weighted by Crippen LogP contribution is -2.40. The molecule has 3 rings (SSSR count). The first-order chi connectivity index (χ1) is 18.4. The average molecular weight is 585 g/mol. The Hall–Kier alpha value is -3.56. The first kappa shape index (κ1) is 30.0. The van der Waals surface area contributed by atoms with Gasteiger partial charge in [-0.2, -0.15) is 12.7 Å². The van der Waals surface area contributed by atoms with E-state index in [4.69, 9.17) is 30.0 Å². The van der Waals surface area contributed by atoms with Gasteiger partial charge in [0.15, 0.2) is 0 Å². The van der Waals surface area contributed by atoms with Crippen molar-refractivity contribution in [1.82, 2.24) is 4.31 Å². The SMILES string of the molecule is COC(=O)C1CCN(S(=O)(=O)c2ccccc2S(=O)(=O)Oc2cc(C)cc(OCCCON=C(N)N)c2)CC1. The number of hydrogen-bond acceptors (Lipinski definition) is 10. The molecule has 214 valence electrons. The molecule has 15 heteroatoms. The Balaban J connectivity index is 1.76. The molecule has 1 aliphatic rings. The van der Waals surface area contributed by atoms with Crippen LogP contribution in [0.1, 0.15) is 24.8 Å². The van der Waals surface area contributed by atoms with E-state index in [0.29, 0.717) is 17.7 Å². The number of carbonyl (C=O) groups is 1. The number of carbonyl (C=O) groups excluding carboxylic acids is 1. The normalized spacial score (nSPS) is 14.8. The zero-order valence-electron chi connectivity index (χ0n) is 21.6. The van der Waals surface area contributed by atoms with Crippen molar-refractivity contribution >= 4 is 32.1 Å². The van der Waals surface area contributed by atoms with Gasteiger partial charge in [0, 0.05) is 25.6 Å². The Bertz CT molecular complexity index is 1400. The van der Waals surface area contributed by atoms with Crippen molar-refractivity contribution in [3.05, 3.63) is 48.0 Å². The topological polar surface area (TPSA) is 190 Å². The predicted molar refractivity (Wildman–Crippen MR) is 141 cm³/mol. The molecule has 1 saturated heterocycles. The van der Waals surface area contributed by atoms with Gasteiger partial charge in [-0.1, -0.05) is 12.1 Å². The minimum Gasteiger partial charge on any atom is -0.493 e. The van der Waals surface area contributed by atoms with Gasteiger partial charge in [0.2, 0.25) is 16.0 Å². The van der Waals surface area contributed by atoms with Crippen LogP contribution in [-0.2, 0) is 34.5 Å². The third-order valence-corrected chi connectivity index (χ3v) is 9.17. The summed E-state index contributed by atoms with van der Waals surface area (Å²) in [5.74, 6) is -0.712. The van der Waals surface area contributed by atoms with E-state index in [1.165, 1.54) is 43.5 Å². The van der Waals surface area contributed by atoms with Gasteiger partial charge in [-0.05, 0) is 54.8 Å². The lowest BCUT2D eigenvalue weighted by molar-refractivity contribution is -0.146. The van der Waals surface area contributed by atoms with Crippen LogP contribution in [0.5, 0.6) is 11.5 Å². The van der Waals surface area contributed by atoms with E-state index in [0.717, 1.165) is 4.31 Å². The molecule has 0 aromatic heterocycles. The first-order valence-corrected chi connectivity index (χ1v) is 14.9. The lowest BCUT2D eigenvalue weighted by Gasteiger charge is -2.30. The van der Waals surface area contributed by atoms with Gasteiger partial charge in [-0.3, -0.25) is 4.79 Å². The van der Waals surface area contributed by atoms with E-state index < -0.39 is 41.8 Å². The van der Waals surface area contributed by atoms with Gasteiger partial charge >= 0.3 is 16.1 Å². The third-order valence-electron chi connectivity index (χ3n) is 5.77. The maximum Gasteiger partial charge on any atom is 0.340 e. The van der Waals surface area contributed by atoms with Crippen LogP contribution in [0.25, 0.3) is 0 Å². The minimum atomic E-state index is -4.56. The Kier molecular flexibility index (Phi) is 9.99. The lowest BCUT2D eigenvalue weighted by atomic mass is 9.99. The van der Waals surface area contributed by atoms with E-state index in [1.807, 2.05) is 0 Å². The van der Waals surface area contributed by atoms with Crippen LogP contribution < -0.4 is 20.4 Å². The number of nitrogens with zero attached hydrogens (tertiary/aromatic N) is 2. The summed E-state index contributed by atoms with van der Waals surface area (Å²) in [5, 5.41) is 3.40. The molecule has 0 saturated carbocycles. The molecule has 1 heterocycles. The standard InChI is InChI=1S/C24H32N4O9S2/c1-17-14-19(35-12-5-13-36-27-24(25)26)16-20(15-17)37-39(32,33)22-7-4-3-6-21(22)38(30,31)28-10-8-18(9-11-28)23(29)34-2/h3-4,6-7,14-16,18H,5,8-13H2,1-2H3,(H4,25,26,27). The highest BCUT2D eigenvalue weighted by Crippen LogP contribution is 2.31. The van der Waals surface area contributed by atoms with Gasteiger partial charge in [0.1, 0.15) is 27.9 Å². The second-order valence-corrected chi connectivity index (χ2v) is 12.1. The number of sulfonamides is 1. The van der Waals surface area contributed by atoms with E-state index in [-0.39, 0.29) is 50.9 Å². The molecule has 2 aromatic carbocycles. The molecular weight excluding hydrogens is 552 g/mol. The summed E-state index contributed by atoms with van der Waals surface area (Å²) in [6, 6.07) is 9.79. The minimum absolute atomic E-state index is 0.0483. The fraction of sp³-hybridized carbons (Fsp3) is 0.417. The summed E-state index contributed by atoms with van der Waals surface area (Å²) in [6.07, 6.45) is 0.981. The number of rotatable bonds is 12. The van der Waals surface area contributed by atoms with Crippen molar-refractivity contribution in [2.24, 2.45) is 22.5 Å². The Morgan fingerprint density at radius 3 is 2.28 bits per heavy atom. The van der Waals surface area contributed by atoms with Crippen LogP contribution in [0.15, 0.2) is 57.4 Å². The first-order valence-electron chi connectivity index (χ1n) is 12.0. The molecule has 0 aliphatic carbocycles. The van der Waals surface area contributed by atoms with Crippen molar-refractivity contribution in [3.63, 3.8) is 0 Å². The molecule has 1 fully saturated rings. The molecule has 2 aromatic rings. The van der Waals surface area contributed by atoms with E-state index in [2.05, 4.69) is 5.16 Å². The molecule has 0 unspecified atom stereocenters. The monoisotopic (exact) mass is 584 g/mol. The number of piperidine rings is 1. The highest BCUT2D eigenvalue weighted by Gasteiger charge is 2.36. The highest BCUT2D eigenvalue weighted by atomic mass is 32.2. The van der Waals surface area contributed by atoms with E-state index in [1.54, 1.807) is 13.0 Å². The molecule has 0 radical (unpaired) electrons. The summed E-state index contributed by atoms with van der Waals surface area (Å²) in [4.78, 5) is 15.8. The fourth-order valence-corrected chi connectivity index (χ4v) is 7.12. The summed E-state index contributed by atoms with van der Waals surface area (Å²) in [6.45, 7) is 2.25. The van der Waals surface area contributed by atoms with Crippen LogP contribution in [-0.4, -0.2) is 66.5 Å². The quantitative estimate of drug-likeness (QED) is 0.0913. The number of esters is 1. The van der Waals surface area contributed by atoms with Crippen LogP contribution >= 0.6 is 0 Å². The van der Waals surface area contributed by atoms with Crippen molar-refractivity contribution in [3.8, 4) is 11.5 Å². The van der Waals surface area contributed by atoms with Crippen LogP contribution in [0, 0.1) is 12.8 Å². The van der Waals surface area contributed by atoms with Gasteiger partial charge in [0.05, 0.1) is 19.6 Å². The zero-order valence-corrected chi connectivity index (χ0v) is 23.2. The molecular formula is C24H32N4O9S2. The third kappa shape index (κ3) is 7.97. The second kappa shape index (κ2) is 13.0. The molecule has 13 nitrogen and oxygen atoms in total. The maximum absolute atomic E-state index is 13.4. The number of methoxy groups -OCH3 is 1. The van der Waals surface area contributed by atoms with Crippen molar-refractivity contribution in [2.75, 3.05) is 33.4 Å². The van der Waals surface area contributed by atoms with Crippen molar-refractivity contribution in [2.45, 2.75) is 36.0 Å². The second-order valence-electron chi connectivity index (χ2n) is 8.72. The van der Waals surface area contributed by atoms with Gasteiger partial charge in [0.25, 0.3) is 0 Å². The fourth-order valence-electron chi connectivity index (χ4n) is 3.96. The molecule has 0 bridgehead atoms. The molecule has 0 atom stereocenters. The number of oxime groups is 1. The van der Waals surface area contributed by atoms with Gasteiger partial charge in [-0.25, -0.2) is 8.42 Å². The summed E-state index contributed by atoms with van der Waals surface area (Å²) in [7, 11) is -7.49. The van der Waals surface area contributed by atoms with Crippen molar-refractivity contribution in [1.29, 1.82) is 0 Å². The maximum atomic E-state index is 13.4. The smallest absolute Gasteiger partial charge is 0.340 e. The number of aryl methyl sites for hydroxylation is 1. The summed E-state index contributed by atoms with van der Waals surface area (Å²) in [5.41, 5.74) is 11.0. The number of guanidine groups is 1.